The monoisotopic (exact) mass is 384 g/mol. The van der Waals surface area contributed by atoms with Crippen molar-refractivity contribution in [1.82, 2.24) is 0 Å². The van der Waals surface area contributed by atoms with Gasteiger partial charge in [0.1, 0.15) is 17.5 Å². The number of hydrogen-bond acceptors (Lipinski definition) is 3. The zero-order valence-corrected chi connectivity index (χ0v) is 16.3. The van der Waals surface area contributed by atoms with Crippen LogP contribution in [0.3, 0.4) is 0 Å². The first-order valence-corrected chi connectivity index (χ1v) is 9.77. The minimum atomic E-state index is -0.888. The maximum atomic E-state index is 10.9. The van der Waals surface area contributed by atoms with Crippen LogP contribution in [0.5, 0.6) is 0 Å². The van der Waals surface area contributed by atoms with Crippen molar-refractivity contribution in [2.24, 2.45) is 0 Å². The van der Waals surface area contributed by atoms with Crippen molar-refractivity contribution >= 4 is 0 Å². The number of furan rings is 1. The van der Waals surface area contributed by atoms with Crippen LogP contribution in [-0.2, 0) is 10.3 Å². The molecule has 3 nitrogen and oxygen atoms in total. The van der Waals surface area contributed by atoms with Crippen molar-refractivity contribution in [3.05, 3.63) is 132 Å². The molecule has 146 valence electrons. The lowest BCUT2D eigenvalue weighted by molar-refractivity contribution is -0.0996. The highest BCUT2D eigenvalue weighted by Crippen LogP contribution is 2.42. The van der Waals surface area contributed by atoms with E-state index < -0.39 is 17.8 Å². The molecule has 4 aromatic rings. The zero-order valence-electron chi connectivity index (χ0n) is 16.3. The van der Waals surface area contributed by atoms with Crippen LogP contribution in [-0.4, -0.2) is 11.2 Å². The zero-order chi connectivity index (χ0) is 20.1. The fourth-order valence-electron chi connectivity index (χ4n) is 3.76. The summed E-state index contributed by atoms with van der Waals surface area (Å²) in [5.41, 5.74) is 2.11. The maximum Gasteiger partial charge on any atom is 0.144 e. The largest absolute Gasteiger partial charge is 0.466 e. The molecule has 4 rings (SSSR count). The molecule has 0 spiro atoms. The number of aliphatic hydroxyl groups excluding tert-OH is 1. The van der Waals surface area contributed by atoms with Crippen molar-refractivity contribution in [3.63, 3.8) is 0 Å². The molecular weight excluding hydrogens is 360 g/mol. The molecule has 3 heteroatoms. The van der Waals surface area contributed by atoms with E-state index in [9.17, 15) is 5.11 Å². The quantitative estimate of drug-likeness (QED) is 0.415. The second-order valence-electron chi connectivity index (χ2n) is 7.06. The van der Waals surface area contributed by atoms with Gasteiger partial charge in [-0.3, -0.25) is 0 Å². The SMILES string of the molecule is C[C@H](OC(c1ccccc1)(c1ccccc1)c1ccccc1)[C@H](O)c1ccco1. The lowest BCUT2D eigenvalue weighted by Crippen LogP contribution is -2.38. The number of aliphatic hydroxyl groups is 1. The van der Waals surface area contributed by atoms with Crippen molar-refractivity contribution < 1.29 is 14.3 Å². The van der Waals surface area contributed by atoms with Gasteiger partial charge in [-0.2, -0.15) is 0 Å². The minimum Gasteiger partial charge on any atom is -0.466 e. The van der Waals surface area contributed by atoms with Crippen LogP contribution in [0, 0.1) is 0 Å². The Morgan fingerprint density at radius 1 is 0.690 bits per heavy atom. The number of hydrogen-bond donors (Lipinski definition) is 1. The van der Waals surface area contributed by atoms with Crippen LogP contribution in [0.2, 0.25) is 0 Å². The Kier molecular flexibility index (Phi) is 5.61. The second kappa shape index (κ2) is 8.48. The number of benzene rings is 3. The molecule has 0 amide bonds. The van der Waals surface area contributed by atoms with Crippen molar-refractivity contribution in [2.45, 2.75) is 24.7 Å². The van der Waals surface area contributed by atoms with Crippen LogP contribution in [0.1, 0.15) is 35.5 Å². The van der Waals surface area contributed by atoms with E-state index in [0.717, 1.165) is 16.7 Å². The maximum absolute atomic E-state index is 10.9. The molecule has 0 fully saturated rings. The van der Waals surface area contributed by atoms with E-state index >= 15 is 0 Å². The smallest absolute Gasteiger partial charge is 0.144 e. The molecule has 0 unspecified atom stereocenters. The highest BCUT2D eigenvalue weighted by atomic mass is 16.5. The molecule has 1 heterocycles. The summed E-state index contributed by atoms with van der Waals surface area (Å²) >= 11 is 0. The summed E-state index contributed by atoms with van der Waals surface area (Å²) in [5.74, 6) is 0.487. The van der Waals surface area contributed by atoms with Gasteiger partial charge in [-0.25, -0.2) is 0 Å². The first-order chi connectivity index (χ1) is 14.2. The van der Waals surface area contributed by atoms with Gasteiger partial charge in [-0.05, 0) is 35.7 Å². The molecule has 3 aromatic carbocycles. The molecule has 0 aliphatic heterocycles. The molecule has 0 aliphatic carbocycles. The van der Waals surface area contributed by atoms with E-state index in [1.807, 2.05) is 61.5 Å². The molecule has 0 radical (unpaired) electrons. The Labute approximate surface area is 171 Å². The van der Waals surface area contributed by atoms with E-state index in [1.165, 1.54) is 0 Å². The highest BCUT2D eigenvalue weighted by Gasteiger charge is 2.40. The summed E-state index contributed by atoms with van der Waals surface area (Å²) in [6, 6.07) is 33.9. The van der Waals surface area contributed by atoms with Gasteiger partial charge in [0.15, 0.2) is 0 Å². The molecule has 1 aromatic heterocycles. The van der Waals surface area contributed by atoms with E-state index in [0.29, 0.717) is 5.76 Å². The lowest BCUT2D eigenvalue weighted by atomic mass is 9.79. The third-order valence-corrected chi connectivity index (χ3v) is 5.18. The van der Waals surface area contributed by atoms with Crippen LogP contribution in [0.15, 0.2) is 114 Å². The van der Waals surface area contributed by atoms with Crippen LogP contribution < -0.4 is 0 Å². The van der Waals surface area contributed by atoms with Gasteiger partial charge in [-0.1, -0.05) is 91.0 Å². The fourth-order valence-corrected chi connectivity index (χ4v) is 3.76. The van der Waals surface area contributed by atoms with Gasteiger partial charge < -0.3 is 14.3 Å². The van der Waals surface area contributed by atoms with Gasteiger partial charge in [0.05, 0.1) is 12.4 Å². The average Bonchev–Trinajstić information content (AvgIpc) is 3.33. The van der Waals surface area contributed by atoms with E-state index in [4.69, 9.17) is 9.15 Å². The number of ether oxygens (including phenoxy) is 1. The summed E-state index contributed by atoms with van der Waals surface area (Å²) in [5, 5.41) is 10.9. The molecule has 0 saturated heterocycles. The van der Waals surface area contributed by atoms with E-state index in [-0.39, 0.29) is 0 Å². The third kappa shape index (κ3) is 3.75. The van der Waals surface area contributed by atoms with Gasteiger partial charge in [0, 0.05) is 0 Å². The molecule has 2 atom stereocenters. The van der Waals surface area contributed by atoms with Gasteiger partial charge in [0.25, 0.3) is 0 Å². The molecule has 29 heavy (non-hydrogen) atoms. The Bertz CT molecular complexity index is 899. The van der Waals surface area contributed by atoms with Crippen LogP contribution in [0.4, 0.5) is 0 Å². The van der Waals surface area contributed by atoms with Crippen molar-refractivity contribution in [2.75, 3.05) is 0 Å². The summed E-state index contributed by atoms with van der Waals surface area (Å²) < 4.78 is 12.2. The normalized spacial score (nSPS) is 13.7. The topological polar surface area (TPSA) is 42.6 Å². The van der Waals surface area contributed by atoms with E-state index in [2.05, 4.69) is 36.4 Å². The first kappa shape index (κ1) is 19.2. The Hall–Kier alpha value is -3.14. The first-order valence-electron chi connectivity index (χ1n) is 9.77. The highest BCUT2D eigenvalue weighted by molar-refractivity contribution is 5.47. The Morgan fingerprint density at radius 2 is 1.14 bits per heavy atom. The summed E-state index contributed by atoms with van der Waals surface area (Å²) in [7, 11) is 0. The van der Waals surface area contributed by atoms with Crippen molar-refractivity contribution in [3.8, 4) is 0 Å². The fraction of sp³-hybridized carbons (Fsp3) is 0.154. The van der Waals surface area contributed by atoms with Gasteiger partial charge in [-0.15, -0.1) is 0 Å². The molecular formula is C26H24O3. The van der Waals surface area contributed by atoms with E-state index in [1.54, 1.807) is 18.4 Å². The molecule has 1 N–H and O–H groups in total. The second-order valence-corrected chi connectivity index (χ2v) is 7.06. The Balaban J connectivity index is 1.88. The minimum absolute atomic E-state index is 0.487. The third-order valence-electron chi connectivity index (χ3n) is 5.18. The molecule has 0 saturated carbocycles. The summed E-state index contributed by atoms with van der Waals surface area (Å²) in [6.45, 7) is 1.87. The Morgan fingerprint density at radius 3 is 1.52 bits per heavy atom. The van der Waals surface area contributed by atoms with Crippen LogP contribution in [0.25, 0.3) is 0 Å². The van der Waals surface area contributed by atoms with Crippen LogP contribution >= 0.6 is 0 Å². The van der Waals surface area contributed by atoms with Gasteiger partial charge in [0.2, 0.25) is 0 Å². The predicted octanol–water partition coefficient (Wildman–Crippen LogP) is 5.71. The average molecular weight is 384 g/mol. The standard InChI is InChI=1S/C26H24O3/c1-20(25(27)24-18-11-19-28-24)29-26(21-12-5-2-6-13-21,22-14-7-3-8-15-22)23-16-9-4-10-17-23/h2-20,25,27H,1H3/t20-,25-/m0/s1. The predicted molar refractivity (Wildman–Crippen MR) is 113 cm³/mol. The van der Waals surface area contributed by atoms with Gasteiger partial charge >= 0.3 is 0 Å². The van der Waals surface area contributed by atoms with Crippen molar-refractivity contribution in [1.29, 1.82) is 0 Å². The lowest BCUT2D eigenvalue weighted by Gasteiger charge is -2.39. The molecule has 0 aliphatic rings. The molecule has 0 bridgehead atoms. The number of rotatable bonds is 7. The summed E-state index contributed by atoms with van der Waals surface area (Å²) in [6.07, 6.45) is 0.145. The summed E-state index contributed by atoms with van der Waals surface area (Å²) in [4.78, 5) is 0.